The number of hydrogen-bond acceptors (Lipinski definition) is 4. The summed E-state index contributed by atoms with van der Waals surface area (Å²) in [6, 6.07) is 7.78. The minimum Gasteiger partial charge on any atom is -0.494 e. The van der Waals surface area contributed by atoms with Gasteiger partial charge in [0.2, 0.25) is 15.0 Å². The lowest BCUT2D eigenvalue weighted by Gasteiger charge is -2.16. The summed E-state index contributed by atoms with van der Waals surface area (Å²) >= 11 is 0. The minimum atomic E-state index is -3.55. The molecule has 22 heavy (non-hydrogen) atoms. The molecule has 1 aliphatic heterocycles. The second kappa shape index (κ2) is 7.33. The van der Waals surface area contributed by atoms with E-state index in [2.05, 4.69) is 0 Å². The molecule has 1 heterocycles. The molecule has 1 unspecified atom stereocenters. The molecule has 1 saturated heterocycles. The SMILES string of the molecule is CCOc1ccc(CCN2CC(CS(=O)(=O)Cl)CC2=O)cc1. The highest BCUT2D eigenvalue weighted by Gasteiger charge is 2.31. The number of carbonyl (C=O) groups is 1. The van der Waals surface area contributed by atoms with Crippen molar-refractivity contribution in [2.45, 2.75) is 19.8 Å². The first kappa shape index (κ1) is 17.1. The third-order valence-corrected chi connectivity index (χ3v) is 4.88. The summed E-state index contributed by atoms with van der Waals surface area (Å²) in [6.07, 6.45) is 0.994. The predicted octanol–water partition coefficient (Wildman–Crippen LogP) is 2.04. The molecule has 0 aromatic heterocycles. The Balaban J connectivity index is 1.85. The first-order valence-corrected chi connectivity index (χ1v) is 9.77. The summed E-state index contributed by atoms with van der Waals surface area (Å²) in [5.41, 5.74) is 1.12. The van der Waals surface area contributed by atoms with E-state index in [1.807, 2.05) is 31.2 Å². The standard InChI is InChI=1S/C15H20ClNO4S/c1-2-21-14-5-3-12(4-6-14)7-8-17-10-13(9-15(17)18)11-22(16,19)20/h3-6,13H,2,7-11H2,1H3. The summed E-state index contributed by atoms with van der Waals surface area (Å²) < 4.78 is 27.6. The van der Waals surface area contributed by atoms with Crippen LogP contribution in [0.4, 0.5) is 0 Å². The van der Waals surface area contributed by atoms with Crippen molar-refractivity contribution in [3.8, 4) is 5.75 Å². The van der Waals surface area contributed by atoms with Gasteiger partial charge in [-0.3, -0.25) is 4.79 Å². The summed E-state index contributed by atoms with van der Waals surface area (Å²) in [5, 5.41) is 0. The van der Waals surface area contributed by atoms with E-state index in [0.29, 0.717) is 19.7 Å². The van der Waals surface area contributed by atoms with Crippen LogP contribution in [0.1, 0.15) is 18.9 Å². The van der Waals surface area contributed by atoms with Crippen LogP contribution >= 0.6 is 10.7 Å². The molecule has 1 aliphatic rings. The Hall–Kier alpha value is -1.27. The fourth-order valence-corrected chi connectivity index (χ4v) is 3.97. The van der Waals surface area contributed by atoms with Gasteiger partial charge in [0.15, 0.2) is 0 Å². The Morgan fingerprint density at radius 1 is 1.32 bits per heavy atom. The maximum Gasteiger partial charge on any atom is 0.232 e. The number of amides is 1. The van der Waals surface area contributed by atoms with Gasteiger partial charge in [-0.2, -0.15) is 0 Å². The fraction of sp³-hybridized carbons (Fsp3) is 0.533. The van der Waals surface area contributed by atoms with Gasteiger partial charge in [-0.15, -0.1) is 0 Å². The second-order valence-electron chi connectivity index (χ2n) is 5.44. The van der Waals surface area contributed by atoms with Crippen LogP contribution in [0, 0.1) is 5.92 Å². The molecule has 0 spiro atoms. The molecule has 1 amide bonds. The molecule has 5 nitrogen and oxygen atoms in total. The van der Waals surface area contributed by atoms with Crippen molar-refractivity contribution in [1.29, 1.82) is 0 Å². The van der Waals surface area contributed by atoms with Crippen LogP contribution in [0.2, 0.25) is 0 Å². The number of ether oxygens (including phenoxy) is 1. The van der Waals surface area contributed by atoms with Gasteiger partial charge >= 0.3 is 0 Å². The average Bonchev–Trinajstić information content (AvgIpc) is 2.76. The summed E-state index contributed by atoms with van der Waals surface area (Å²) in [5.74, 6) is 0.488. The van der Waals surface area contributed by atoms with Crippen molar-refractivity contribution in [3.05, 3.63) is 29.8 Å². The molecule has 1 fully saturated rings. The molecule has 122 valence electrons. The number of halogens is 1. The van der Waals surface area contributed by atoms with Crippen molar-refractivity contribution in [1.82, 2.24) is 4.90 Å². The van der Waals surface area contributed by atoms with E-state index in [1.54, 1.807) is 4.90 Å². The van der Waals surface area contributed by atoms with E-state index in [9.17, 15) is 13.2 Å². The van der Waals surface area contributed by atoms with Crippen LogP contribution in [0.3, 0.4) is 0 Å². The first-order valence-electron chi connectivity index (χ1n) is 7.29. The Bertz CT molecular complexity index is 615. The van der Waals surface area contributed by atoms with Gasteiger partial charge < -0.3 is 9.64 Å². The molecular formula is C15H20ClNO4S. The second-order valence-corrected chi connectivity index (χ2v) is 8.26. The van der Waals surface area contributed by atoms with Gasteiger partial charge in [-0.1, -0.05) is 12.1 Å². The first-order chi connectivity index (χ1) is 10.4. The predicted molar refractivity (Wildman–Crippen MR) is 85.6 cm³/mol. The van der Waals surface area contributed by atoms with E-state index >= 15 is 0 Å². The van der Waals surface area contributed by atoms with Gasteiger partial charge in [0.1, 0.15) is 5.75 Å². The third-order valence-electron chi connectivity index (χ3n) is 3.63. The number of rotatable bonds is 7. The van der Waals surface area contributed by atoms with E-state index in [-0.39, 0.29) is 24.0 Å². The molecule has 0 bridgehead atoms. The normalized spacial score (nSPS) is 18.7. The maximum atomic E-state index is 11.9. The Labute approximate surface area is 135 Å². The molecule has 1 aromatic carbocycles. The lowest BCUT2D eigenvalue weighted by molar-refractivity contribution is -0.127. The number of carbonyl (C=O) groups excluding carboxylic acids is 1. The Morgan fingerprint density at radius 3 is 2.59 bits per heavy atom. The molecule has 0 radical (unpaired) electrons. The zero-order valence-electron chi connectivity index (χ0n) is 12.5. The highest BCUT2D eigenvalue weighted by Crippen LogP contribution is 2.21. The van der Waals surface area contributed by atoms with Gasteiger partial charge in [-0.25, -0.2) is 8.42 Å². The molecular weight excluding hydrogens is 326 g/mol. The topological polar surface area (TPSA) is 63.7 Å². The largest absolute Gasteiger partial charge is 0.494 e. The van der Waals surface area contributed by atoms with Gasteiger partial charge in [0.25, 0.3) is 0 Å². The Morgan fingerprint density at radius 2 is 2.00 bits per heavy atom. The van der Waals surface area contributed by atoms with Crippen molar-refractivity contribution in [3.63, 3.8) is 0 Å². The summed E-state index contributed by atoms with van der Waals surface area (Å²) in [7, 11) is 1.70. The zero-order valence-corrected chi connectivity index (χ0v) is 14.1. The van der Waals surface area contributed by atoms with E-state index < -0.39 is 9.05 Å². The van der Waals surface area contributed by atoms with Crippen molar-refractivity contribution in [2.75, 3.05) is 25.4 Å². The molecule has 1 aromatic rings. The van der Waals surface area contributed by atoms with Crippen LogP contribution in [-0.4, -0.2) is 44.7 Å². The molecule has 0 N–H and O–H groups in total. The van der Waals surface area contributed by atoms with Crippen molar-refractivity contribution < 1.29 is 17.9 Å². The molecule has 0 saturated carbocycles. The van der Waals surface area contributed by atoms with Gasteiger partial charge in [-0.05, 0) is 31.0 Å². The summed E-state index contributed by atoms with van der Waals surface area (Å²) in [6.45, 7) is 3.62. The smallest absolute Gasteiger partial charge is 0.232 e. The number of benzene rings is 1. The van der Waals surface area contributed by atoms with Crippen LogP contribution in [0.15, 0.2) is 24.3 Å². The molecule has 0 aliphatic carbocycles. The lowest BCUT2D eigenvalue weighted by atomic mass is 10.1. The monoisotopic (exact) mass is 345 g/mol. The molecule has 2 rings (SSSR count). The Kier molecular flexibility index (Phi) is 5.69. The molecule has 1 atom stereocenters. The zero-order chi connectivity index (χ0) is 16.2. The van der Waals surface area contributed by atoms with Crippen LogP contribution in [0.25, 0.3) is 0 Å². The van der Waals surface area contributed by atoms with E-state index in [4.69, 9.17) is 15.4 Å². The minimum absolute atomic E-state index is 0.00347. The van der Waals surface area contributed by atoms with Gasteiger partial charge in [0, 0.05) is 36.1 Å². The number of hydrogen-bond donors (Lipinski definition) is 0. The number of nitrogens with zero attached hydrogens (tertiary/aromatic N) is 1. The lowest BCUT2D eigenvalue weighted by Crippen LogP contribution is -2.28. The van der Waals surface area contributed by atoms with Crippen molar-refractivity contribution in [2.24, 2.45) is 5.92 Å². The van der Waals surface area contributed by atoms with Gasteiger partial charge in [0.05, 0.1) is 12.4 Å². The number of likely N-dealkylation sites (tertiary alicyclic amines) is 1. The maximum absolute atomic E-state index is 11.9. The highest BCUT2D eigenvalue weighted by molar-refractivity contribution is 8.13. The highest BCUT2D eigenvalue weighted by atomic mass is 35.7. The van der Waals surface area contributed by atoms with Crippen molar-refractivity contribution >= 4 is 25.6 Å². The van der Waals surface area contributed by atoms with Crippen LogP contribution in [0.5, 0.6) is 5.75 Å². The van der Waals surface area contributed by atoms with E-state index in [0.717, 1.165) is 17.7 Å². The fourth-order valence-electron chi connectivity index (χ4n) is 2.65. The quantitative estimate of drug-likeness (QED) is 0.709. The van der Waals surface area contributed by atoms with Crippen LogP contribution < -0.4 is 4.74 Å². The average molecular weight is 346 g/mol. The third kappa shape index (κ3) is 5.18. The summed E-state index contributed by atoms with van der Waals surface area (Å²) in [4.78, 5) is 13.6. The van der Waals surface area contributed by atoms with Crippen LogP contribution in [-0.2, 0) is 20.3 Å². The van der Waals surface area contributed by atoms with E-state index in [1.165, 1.54) is 0 Å². The molecule has 7 heteroatoms.